The van der Waals surface area contributed by atoms with Gasteiger partial charge in [0.25, 0.3) is 0 Å². The molecule has 78 valence electrons. The molecule has 5 heteroatoms. The molecule has 14 heavy (non-hydrogen) atoms. The smallest absolute Gasteiger partial charge is 0.130 e. The van der Waals surface area contributed by atoms with E-state index in [2.05, 4.69) is 31.2 Å². The molecule has 0 unspecified atom stereocenters. The molecule has 0 atom stereocenters. The van der Waals surface area contributed by atoms with E-state index in [1.54, 1.807) is 6.07 Å². The summed E-state index contributed by atoms with van der Waals surface area (Å²) in [6.45, 7) is 4.78. The lowest BCUT2D eigenvalue weighted by Gasteiger charge is -2.22. The van der Waals surface area contributed by atoms with Crippen LogP contribution in [0.15, 0.2) is 17.0 Å². The second-order valence-corrected chi connectivity index (χ2v) is 4.71. The number of hydrogen-bond donors (Lipinski definition) is 2. The topological polar surface area (TPSA) is 58.0 Å². The second kappa shape index (κ2) is 4.70. The molecule has 0 fully saturated rings. The largest absolute Gasteiger partial charge is 0.396 e. The van der Waals surface area contributed by atoms with E-state index < -0.39 is 0 Å². The minimum atomic E-state index is -0.141. The zero-order valence-electron chi connectivity index (χ0n) is 8.29. The number of rotatable bonds is 4. The number of nitrogens with zero attached hydrogens (tertiary/aromatic N) is 2. The number of halogens is 1. The van der Waals surface area contributed by atoms with Crippen LogP contribution in [0, 0.1) is 5.41 Å². The molecule has 4 nitrogen and oxygen atoms in total. The molecular formula is C9H14BrN3O. The number of hydrogen-bond acceptors (Lipinski definition) is 4. The summed E-state index contributed by atoms with van der Waals surface area (Å²) in [5, 5.41) is 12.2. The fraction of sp³-hybridized carbons (Fsp3) is 0.556. The Morgan fingerprint density at radius 1 is 1.50 bits per heavy atom. The highest BCUT2D eigenvalue weighted by molar-refractivity contribution is 9.10. The molecule has 0 spiro atoms. The standard InChI is InChI=1S/C9H14BrN3O/c1-9(2,5-14)4-11-8-3-7(10)12-6-13-8/h3,6,14H,4-5H2,1-2H3,(H,11,12,13). The van der Waals surface area contributed by atoms with Crippen LogP contribution in [0.2, 0.25) is 0 Å². The Morgan fingerprint density at radius 2 is 2.21 bits per heavy atom. The molecule has 0 aliphatic carbocycles. The predicted molar refractivity (Wildman–Crippen MR) is 59.1 cm³/mol. The first kappa shape index (κ1) is 11.4. The summed E-state index contributed by atoms with van der Waals surface area (Å²) in [5.74, 6) is 0.758. The van der Waals surface area contributed by atoms with Crippen molar-refractivity contribution in [2.75, 3.05) is 18.5 Å². The van der Waals surface area contributed by atoms with Crippen molar-refractivity contribution >= 4 is 21.7 Å². The van der Waals surface area contributed by atoms with Crippen molar-refractivity contribution in [1.82, 2.24) is 9.97 Å². The predicted octanol–water partition coefficient (Wildman–Crippen LogP) is 1.67. The van der Waals surface area contributed by atoms with Gasteiger partial charge in [-0.25, -0.2) is 9.97 Å². The number of nitrogens with one attached hydrogen (secondary N) is 1. The highest BCUT2D eigenvalue weighted by Crippen LogP contribution is 2.15. The molecule has 1 aromatic rings. The van der Waals surface area contributed by atoms with E-state index in [0.29, 0.717) is 6.54 Å². The molecule has 0 aliphatic rings. The lowest BCUT2D eigenvalue weighted by atomic mass is 9.95. The highest BCUT2D eigenvalue weighted by Gasteiger charge is 2.15. The lowest BCUT2D eigenvalue weighted by Crippen LogP contribution is -2.27. The van der Waals surface area contributed by atoms with Crippen LogP contribution >= 0.6 is 15.9 Å². The van der Waals surface area contributed by atoms with Gasteiger partial charge in [-0.2, -0.15) is 0 Å². The molecule has 0 radical (unpaired) electrons. The summed E-state index contributed by atoms with van der Waals surface area (Å²) >= 11 is 3.26. The summed E-state index contributed by atoms with van der Waals surface area (Å²) in [6.07, 6.45) is 1.48. The number of anilines is 1. The van der Waals surface area contributed by atoms with Crippen molar-refractivity contribution in [3.63, 3.8) is 0 Å². The van der Waals surface area contributed by atoms with E-state index in [9.17, 15) is 0 Å². The van der Waals surface area contributed by atoms with Crippen LogP contribution in [0.5, 0.6) is 0 Å². The highest BCUT2D eigenvalue weighted by atomic mass is 79.9. The van der Waals surface area contributed by atoms with E-state index in [4.69, 9.17) is 5.11 Å². The van der Waals surface area contributed by atoms with Gasteiger partial charge >= 0.3 is 0 Å². The quantitative estimate of drug-likeness (QED) is 0.808. The second-order valence-electron chi connectivity index (χ2n) is 3.90. The fourth-order valence-electron chi connectivity index (χ4n) is 0.816. The maximum absolute atomic E-state index is 9.04. The van der Waals surface area contributed by atoms with Crippen LogP contribution in [0.3, 0.4) is 0 Å². The maximum atomic E-state index is 9.04. The van der Waals surface area contributed by atoms with Crippen molar-refractivity contribution in [2.24, 2.45) is 5.41 Å². The Hall–Kier alpha value is -0.680. The first-order valence-electron chi connectivity index (χ1n) is 4.36. The Balaban J connectivity index is 2.54. The molecular weight excluding hydrogens is 246 g/mol. The lowest BCUT2D eigenvalue weighted by molar-refractivity contribution is 0.170. The van der Waals surface area contributed by atoms with E-state index >= 15 is 0 Å². The van der Waals surface area contributed by atoms with Crippen molar-refractivity contribution in [2.45, 2.75) is 13.8 Å². The Kier molecular flexibility index (Phi) is 3.83. The van der Waals surface area contributed by atoms with Crippen LogP contribution in [-0.4, -0.2) is 28.2 Å². The SMILES string of the molecule is CC(C)(CO)CNc1cc(Br)ncn1. The monoisotopic (exact) mass is 259 g/mol. The number of aromatic nitrogens is 2. The van der Waals surface area contributed by atoms with Crippen LogP contribution in [0.1, 0.15) is 13.8 Å². The zero-order valence-corrected chi connectivity index (χ0v) is 9.87. The van der Waals surface area contributed by atoms with Crippen LogP contribution in [0.25, 0.3) is 0 Å². The molecule has 2 N–H and O–H groups in total. The van der Waals surface area contributed by atoms with Crippen molar-refractivity contribution in [3.8, 4) is 0 Å². The molecule has 0 aromatic carbocycles. The minimum Gasteiger partial charge on any atom is -0.396 e. The van der Waals surface area contributed by atoms with Crippen molar-refractivity contribution in [1.29, 1.82) is 0 Å². The van der Waals surface area contributed by atoms with Gasteiger partial charge in [-0.15, -0.1) is 0 Å². The van der Waals surface area contributed by atoms with Gasteiger partial charge in [-0.05, 0) is 15.9 Å². The van der Waals surface area contributed by atoms with Crippen LogP contribution in [-0.2, 0) is 0 Å². The van der Waals surface area contributed by atoms with E-state index in [0.717, 1.165) is 10.4 Å². The van der Waals surface area contributed by atoms with Crippen molar-refractivity contribution < 1.29 is 5.11 Å². The maximum Gasteiger partial charge on any atom is 0.130 e. The molecule has 1 heterocycles. The third-order valence-electron chi connectivity index (χ3n) is 1.81. The van der Waals surface area contributed by atoms with E-state index in [1.807, 2.05) is 13.8 Å². The Labute approximate surface area is 91.9 Å². The van der Waals surface area contributed by atoms with Gasteiger partial charge in [0.15, 0.2) is 0 Å². The van der Waals surface area contributed by atoms with E-state index in [-0.39, 0.29) is 12.0 Å². The summed E-state index contributed by atoms with van der Waals surface area (Å²) in [6, 6.07) is 1.80. The molecule has 0 saturated heterocycles. The molecule has 0 amide bonds. The average molecular weight is 260 g/mol. The molecule has 0 saturated carbocycles. The average Bonchev–Trinajstić information content (AvgIpc) is 2.15. The summed E-state index contributed by atoms with van der Waals surface area (Å²) in [5.41, 5.74) is -0.141. The first-order chi connectivity index (χ1) is 6.53. The van der Waals surface area contributed by atoms with Gasteiger partial charge in [0.1, 0.15) is 16.7 Å². The molecule has 0 bridgehead atoms. The van der Waals surface area contributed by atoms with Crippen molar-refractivity contribution in [3.05, 3.63) is 17.0 Å². The van der Waals surface area contributed by atoms with Gasteiger partial charge < -0.3 is 10.4 Å². The van der Waals surface area contributed by atoms with E-state index in [1.165, 1.54) is 6.33 Å². The third-order valence-corrected chi connectivity index (χ3v) is 2.24. The van der Waals surface area contributed by atoms with Gasteiger partial charge in [0, 0.05) is 24.6 Å². The number of aliphatic hydroxyl groups excluding tert-OH is 1. The number of aliphatic hydroxyl groups is 1. The van der Waals surface area contributed by atoms with Gasteiger partial charge in [0.2, 0.25) is 0 Å². The summed E-state index contributed by atoms with van der Waals surface area (Å²) in [4.78, 5) is 7.96. The minimum absolute atomic E-state index is 0.141. The van der Waals surface area contributed by atoms with Gasteiger partial charge in [-0.1, -0.05) is 13.8 Å². The zero-order chi connectivity index (χ0) is 10.6. The molecule has 0 aliphatic heterocycles. The van der Waals surface area contributed by atoms with Crippen LogP contribution < -0.4 is 5.32 Å². The normalized spacial score (nSPS) is 11.4. The van der Waals surface area contributed by atoms with Gasteiger partial charge in [0.05, 0.1) is 0 Å². The fourth-order valence-corrected chi connectivity index (χ4v) is 1.12. The molecule has 1 rings (SSSR count). The Morgan fingerprint density at radius 3 is 2.79 bits per heavy atom. The Bertz CT molecular complexity index is 304. The third kappa shape index (κ3) is 3.59. The first-order valence-corrected chi connectivity index (χ1v) is 5.15. The summed E-state index contributed by atoms with van der Waals surface area (Å²) < 4.78 is 0.747. The van der Waals surface area contributed by atoms with Crippen LogP contribution in [0.4, 0.5) is 5.82 Å². The molecule has 1 aromatic heterocycles. The summed E-state index contributed by atoms with van der Waals surface area (Å²) in [7, 11) is 0. The van der Waals surface area contributed by atoms with Gasteiger partial charge in [-0.3, -0.25) is 0 Å².